The predicted molar refractivity (Wildman–Crippen MR) is 71.8 cm³/mol. The average Bonchev–Trinajstić information content (AvgIpc) is 2.28. The number of likely N-dealkylation sites (N-methyl/N-ethyl adjacent to an activating group) is 1. The van der Waals surface area contributed by atoms with E-state index >= 15 is 0 Å². The van der Waals surface area contributed by atoms with Crippen molar-refractivity contribution >= 4 is 0 Å². The summed E-state index contributed by atoms with van der Waals surface area (Å²) >= 11 is 0. The van der Waals surface area contributed by atoms with Crippen LogP contribution in [0.5, 0.6) is 0 Å². The molecule has 0 saturated carbocycles. The van der Waals surface area contributed by atoms with Crippen LogP contribution in [0.15, 0.2) is 18.2 Å². The normalized spacial score (nSPS) is 14.6. The van der Waals surface area contributed by atoms with Crippen molar-refractivity contribution in [2.75, 3.05) is 7.05 Å². The Balaban J connectivity index is 2.73. The Hall–Kier alpha value is -0.890. The van der Waals surface area contributed by atoms with Crippen LogP contribution in [-0.2, 0) is 6.42 Å². The highest BCUT2D eigenvalue weighted by Gasteiger charge is 2.16. The van der Waals surface area contributed by atoms with Crippen molar-refractivity contribution in [2.45, 2.75) is 46.1 Å². The monoisotopic (exact) mass is 237 g/mol. The summed E-state index contributed by atoms with van der Waals surface area (Å²) in [5.74, 6) is 0.503. The topological polar surface area (TPSA) is 12.0 Å². The quantitative estimate of drug-likeness (QED) is 0.795. The van der Waals surface area contributed by atoms with Crippen LogP contribution in [0, 0.1) is 18.7 Å². The first-order valence-electron chi connectivity index (χ1n) is 6.50. The van der Waals surface area contributed by atoms with Crippen molar-refractivity contribution in [3.8, 4) is 0 Å². The molecule has 1 aromatic rings. The molecule has 17 heavy (non-hydrogen) atoms. The molecule has 2 unspecified atom stereocenters. The summed E-state index contributed by atoms with van der Waals surface area (Å²) in [6.07, 6.45) is 3.41. The first kappa shape index (κ1) is 14.2. The van der Waals surface area contributed by atoms with Crippen molar-refractivity contribution in [3.05, 3.63) is 35.1 Å². The van der Waals surface area contributed by atoms with E-state index in [1.54, 1.807) is 12.1 Å². The van der Waals surface area contributed by atoms with Gasteiger partial charge in [-0.15, -0.1) is 0 Å². The van der Waals surface area contributed by atoms with Gasteiger partial charge in [-0.1, -0.05) is 26.3 Å². The van der Waals surface area contributed by atoms with Crippen LogP contribution >= 0.6 is 0 Å². The molecule has 0 aromatic heterocycles. The van der Waals surface area contributed by atoms with Gasteiger partial charge >= 0.3 is 0 Å². The number of halogens is 1. The summed E-state index contributed by atoms with van der Waals surface area (Å²) in [5, 5.41) is 3.38. The van der Waals surface area contributed by atoms with E-state index in [9.17, 15) is 4.39 Å². The first-order chi connectivity index (χ1) is 8.08. The zero-order valence-corrected chi connectivity index (χ0v) is 11.4. The average molecular weight is 237 g/mol. The minimum absolute atomic E-state index is 0.145. The van der Waals surface area contributed by atoms with Crippen molar-refractivity contribution < 1.29 is 4.39 Å². The van der Waals surface area contributed by atoms with Crippen LogP contribution in [-0.4, -0.2) is 13.1 Å². The minimum atomic E-state index is -0.145. The van der Waals surface area contributed by atoms with Crippen LogP contribution < -0.4 is 5.32 Å². The number of aryl methyl sites for hydroxylation is 1. The second kappa shape index (κ2) is 6.75. The molecule has 0 spiro atoms. The van der Waals surface area contributed by atoms with Gasteiger partial charge in [-0.25, -0.2) is 4.39 Å². The molecular weight excluding hydrogens is 213 g/mol. The van der Waals surface area contributed by atoms with Gasteiger partial charge < -0.3 is 5.32 Å². The predicted octanol–water partition coefficient (Wildman–Crippen LogP) is 3.70. The van der Waals surface area contributed by atoms with Gasteiger partial charge in [0.15, 0.2) is 0 Å². The Kier molecular flexibility index (Phi) is 5.63. The maximum absolute atomic E-state index is 13.0. The standard InChI is InChI=1S/C15H24FN/c1-5-6-11(2)15(17-4)10-13-7-8-14(16)9-12(13)3/h7-9,11,15,17H,5-6,10H2,1-4H3. The highest BCUT2D eigenvalue weighted by molar-refractivity contribution is 5.27. The third-order valence-electron chi connectivity index (χ3n) is 3.55. The molecule has 1 N–H and O–H groups in total. The van der Waals surface area contributed by atoms with Gasteiger partial charge in [0.1, 0.15) is 5.82 Å². The van der Waals surface area contributed by atoms with E-state index in [1.807, 2.05) is 20.0 Å². The molecule has 2 atom stereocenters. The lowest BCUT2D eigenvalue weighted by Gasteiger charge is -2.24. The van der Waals surface area contributed by atoms with Gasteiger partial charge in [0.05, 0.1) is 0 Å². The summed E-state index contributed by atoms with van der Waals surface area (Å²) in [6.45, 7) is 6.48. The van der Waals surface area contributed by atoms with E-state index in [-0.39, 0.29) is 5.82 Å². The number of hydrogen-bond acceptors (Lipinski definition) is 1. The van der Waals surface area contributed by atoms with Gasteiger partial charge in [-0.05, 0) is 56.0 Å². The molecule has 1 nitrogen and oxygen atoms in total. The maximum atomic E-state index is 13.0. The molecule has 2 heteroatoms. The zero-order chi connectivity index (χ0) is 12.8. The molecular formula is C15H24FN. The summed E-state index contributed by atoms with van der Waals surface area (Å²) < 4.78 is 13.0. The fourth-order valence-corrected chi connectivity index (χ4v) is 2.37. The number of hydrogen-bond donors (Lipinski definition) is 1. The van der Waals surface area contributed by atoms with Crippen molar-refractivity contribution in [1.29, 1.82) is 0 Å². The molecule has 96 valence electrons. The van der Waals surface area contributed by atoms with Gasteiger partial charge in [0.2, 0.25) is 0 Å². The molecule has 0 aliphatic heterocycles. The SMILES string of the molecule is CCCC(C)C(Cc1ccc(F)cc1C)NC. The van der Waals surface area contributed by atoms with E-state index in [4.69, 9.17) is 0 Å². The molecule has 0 amide bonds. The molecule has 0 saturated heterocycles. The Bertz CT molecular complexity index is 349. The molecule has 1 rings (SSSR count). The maximum Gasteiger partial charge on any atom is 0.123 e. The Morgan fingerprint density at radius 1 is 1.35 bits per heavy atom. The number of rotatable bonds is 6. The Morgan fingerprint density at radius 2 is 2.06 bits per heavy atom. The van der Waals surface area contributed by atoms with Crippen LogP contribution in [0.4, 0.5) is 4.39 Å². The molecule has 0 aliphatic rings. The fraction of sp³-hybridized carbons (Fsp3) is 0.600. The van der Waals surface area contributed by atoms with E-state index in [0.29, 0.717) is 12.0 Å². The Morgan fingerprint density at radius 3 is 2.59 bits per heavy atom. The highest BCUT2D eigenvalue weighted by Crippen LogP contribution is 2.18. The largest absolute Gasteiger partial charge is 0.316 e. The molecule has 0 radical (unpaired) electrons. The van der Waals surface area contributed by atoms with Crippen LogP contribution in [0.3, 0.4) is 0 Å². The lowest BCUT2D eigenvalue weighted by Crippen LogP contribution is -2.34. The smallest absolute Gasteiger partial charge is 0.123 e. The molecule has 0 bridgehead atoms. The number of nitrogens with one attached hydrogen (secondary N) is 1. The van der Waals surface area contributed by atoms with Crippen molar-refractivity contribution in [2.24, 2.45) is 5.92 Å². The Labute approximate surface area is 104 Å². The first-order valence-corrected chi connectivity index (χ1v) is 6.50. The second-order valence-electron chi connectivity index (χ2n) is 4.94. The lowest BCUT2D eigenvalue weighted by molar-refractivity contribution is 0.371. The van der Waals surface area contributed by atoms with Crippen LogP contribution in [0.25, 0.3) is 0 Å². The molecule has 0 aliphatic carbocycles. The molecule has 1 aromatic carbocycles. The van der Waals surface area contributed by atoms with Gasteiger partial charge in [0, 0.05) is 6.04 Å². The lowest BCUT2D eigenvalue weighted by atomic mass is 9.90. The summed E-state index contributed by atoms with van der Waals surface area (Å²) in [7, 11) is 2.01. The molecule has 0 fully saturated rings. The fourth-order valence-electron chi connectivity index (χ4n) is 2.37. The third kappa shape index (κ3) is 4.12. The van der Waals surface area contributed by atoms with Crippen molar-refractivity contribution in [1.82, 2.24) is 5.32 Å². The third-order valence-corrected chi connectivity index (χ3v) is 3.55. The van der Waals surface area contributed by atoms with E-state index < -0.39 is 0 Å². The van der Waals surface area contributed by atoms with E-state index in [1.165, 1.54) is 18.4 Å². The van der Waals surface area contributed by atoms with E-state index in [0.717, 1.165) is 12.0 Å². The van der Waals surface area contributed by atoms with E-state index in [2.05, 4.69) is 19.2 Å². The second-order valence-corrected chi connectivity index (χ2v) is 4.94. The van der Waals surface area contributed by atoms with Crippen LogP contribution in [0.1, 0.15) is 37.8 Å². The van der Waals surface area contributed by atoms with Gasteiger partial charge in [-0.3, -0.25) is 0 Å². The number of benzene rings is 1. The molecule has 0 heterocycles. The van der Waals surface area contributed by atoms with Crippen molar-refractivity contribution in [3.63, 3.8) is 0 Å². The highest BCUT2D eigenvalue weighted by atomic mass is 19.1. The van der Waals surface area contributed by atoms with Gasteiger partial charge in [-0.2, -0.15) is 0 Å². The summed E-state index contributed by atoms with van der Waals surface area (Å²) in [6, 6.07) is 5.55. The van der Waals surface area contributed by atoms with Crippen LogP contribution in [0.2, 0.25) is 0 Å². The zero-order valence-electron chi connectivity index (χ0n) is 11.4. The minimum Gasteiger partial charge on any atom is -0.316 e. The summed E-state index contributed by atoms with van der Waals surface area (Å²) in [4.78, 5) is 0. The van der Waals surface area contributed by atoms with Gasteiger partial charge in [0.25, 0.3) is 0 Å². The summed E-state index contributed by atoms with van der Waals surface area (Å²) in [5.41, 5.74) is 2.29.